The van der Waals surface area contributed by atoms with Gasteiger partial charge in [0.05, 0.1) is 0 Å². The fraction of sp³-hybridized carbons (Fsp3) is 1.00. The van der Waals surface area contributed by atoms with Crippen molar-refractivity contribution in [2.75, 3.05) is 6.54 Å². The third-order valence-electron chi connectivity index (χ3n) is 1.86. The fourth-order valence-corrected chi connectivity index (χ4v) is 0.963. The molecule has 1 rings (SSSR count). The van der Waals surface area contributed by atoms with E-state index in [0.29, 0.717) is 12.5 Å². The van der Waals surface area contributed by atoms with Gasteiger partial charge in [0.1, 0.15) is 0 Å². The second kappa shape index (κ2) is 4.39. The molecule has 0 amide bonds. The summed E-state index contributed by atoms with van der Waals surface area (Å²) in [5, 5.41) is 3.44. The molecule has 2 atom stereocenters. The van der Waals surface area contributed by atoms with Gasteiger partial charge in [-0.3, -0.25) is 0 Å². The zero-order valence-electron chi connectivity index (χ0n) is 5.60. The highest BCUT2D eigenvalue weighted by Gasteiger charge is 2.25. The van der Waals surface area contributed by atoms with E-state index in [0.717, 1.165) is 12.8 Å². The maximum atomic E-state index is 7.94. The van der Waals surface area contributed by atoms with Crippen LogP contribution in [0.3, 0.4) is 0 Å². The molecule has 0 heterocycles. The van der Waals surface area contributed by atoms with E-state index in [4.69, 9.17) is 11.3 Å². The lowest BCUT2D eigenvalue weighted by molar-refractivity contribution is 0.265. The summed E-state index contributed by atoms with van der Waals surface area (Å²) < 4.78 is 0. The van der Waals surface area contributed by atoms with Crippen molar-refractivity contribution in [2.24, 2.45) is 16.8 Å². The van der Waals surface area contributed by atoms with E-state index in [1.165, 1.54) is 0 Å². The molecule has 1 saturated carbocycles. The average molecular weight is 163 g/mol. The molecule has 0 spiro atoms. The molecule has 58 valence electrons. The quantitative estimate of drug-likeness (QED) is 0.373. The molecule has 10 heavy (non-hydrogen) atoms. The Labute approximate surface area is 65.8 Å². The van der Waals surface area contributed by atoms with E-state index in [1.54, 1.807) is 0 Å². The molecule has 1 aliphatic rings. The van der Waals surface area contributed by atoms with Crippen LogP contribution in [0.2, 0.25) is 0 Å². The molecule has 0 radical (unpaired) electrons. The van der Waals surface area contributed by atoms with E-state index >= 15 is 0 Å². The molecule has 0 saturated heterocycles. The van der Waals surface area contributed by atoms with Crippen LogP contribution in [0, 0.1) is 5.92 Å². The topological polar surface area (TPSA) is 74.8 Å². The van der Waals surface area contributed by atoms with Crippen molar-refractivity contribution in [1.82, 2.24) is 0 Å². The van der Waals surface area contributed by atoms with Gasteiger partial charge in [-0.1, -0.05) is 5.11 Å². The van der Waals surface area contributed by atoms with Gasteiger partial charge in [0.2, 0.25) is 0 Å². The van der Waals surface area contributed by atoms with Gasteiger partial charge in [-0.2, -0.15) is 0 Å². The Hall–Kier alpha value is -0.440. The van der Waals surface area contributed by atoms with E-state index in [1.807, 2.05) is 0 Å². The normalized spacial score (nSPS) is 29.3. The highest BCUT2D eigenvalue weighted by atomic mass is 35.5. The van der Waals surface area contributed by atoms with Gasteiger partial charge in [0.15, 0.2) is 0 Å². The minimum absolute atomic E-state index is 0. The number of hydrogen-bond acceptors (Lipinski definition) is 2. The Kier molecular flexibility index (Phi) is 4.19. The maximum Gasteiger partial charge on any atom is 0.0301 e. The highest BCUT2D eigenvalue weighted by Crippen LogP contribution is 2.25. The zero-order chi connectivity index (χ0) is 6.69. The van der Waals surface area contributed by atoms with Crippen LogP contribution in [0.5, 0.6) is 0 Å². The van der Waals surface area contributed by atoms with Crippen molar-refractivity contribution < 1.29 is 0 Å². The summed E-state index contributed by atoms with van der Waals surface area (Å²) in [5.74, 6) is 0.459. The molecular weight excluding hydrogens is 152 g/mol. The summed E-state index contributed by atoms with van der Waals surface area (Å²) in [6, 6.07) is 0.287. The number of hydrogen-bond donors (Lipinski definition) is 1. The lowest BCUT2D eigenvalue weighted by Crippen LogP contribution is -2.40. The van der Waals surface area contributed by atoms with Crippen molar-refractivity contribution in [2.45, 2.75) is 18.9 Å². The van der Waals surface area contributed by atoms with Gasteiger partial charge in [-0.05, 0) is 24.3 Å². The summed E-state index contributed by atoms with van der Waals surface area (Å²) in [6.07, 6.45) is 2.21. The first-order chi connectivity index (χ1) is 4.34. The molecule has 0 aromatic carbocycles. The number of halogens is 1. The second-order valence-electron chi connectivity index (χ2n) is 2.41. The first-order valence-corrected chi connectivity index (χ1v) is 3.11. The van der Waals surface area contributed by atoms with Crippen molar-refractivity contribution in [1.29, 1.82) is 0 Å². The summed E-state index contributed by atoms with van der Waals surface area (Å²) in [5.41, 5.74) is 13.5. The van der Waals surface area contributed by atoms with Gasteiger partial charge >= 0.3 is 0 Å². The first-order valence-electron chi connectivity index (χ1n) is 3.11. The van der Waals surface area contributed by atoms with Crippen LogP contribution < -0.4 is 5.73 Å². The summed E-state index contributed by atoms with van der Waals surface area (Å²) >= 11 is 0. The van der Waals surface area contributed by atoms with Crippen LogP contribution in [-0.4, -0.2) is 12.6 Å². The molecule has 0 aromatic rings. The largest absolute Gasteiger partial charge is 0.327 e. The average Bonchev–Trinajstić information content (AvgIpc) is 1.86. The Morgan fingerprint density at radius 1 is 1.60 bits per heavy atom. The van der Waals surface area contributed by atoms with E-state index in [2.05, 4.69) is 10.0 Å². The highest BCUT2D eigenvalue weighted by molar-refractivity contribution is 5.85. The molecule has 0 aliphatic heterocycles. The second-order valence-corrected chi connectivity index (χ2v) is 2.41. The molecule has 2 N–H and O–H groups in total. The Bertz CT molecular complexity index is 143. The van der Waals surface area contributed by atoms with Gasteiger partial charge in [-0.25, -0.2) is 0 Å². The van der Waals surface area contributed by atoms with Gasteiger partial charge in [0.25, 0.3) is 0 Å². The fourth-order valence-electron chi connectivity index (χ4n) is 0.963. The number of nitrogens with zero attached hydrogens (tertiary/aromatic N) is 3. The van der Waals surface area contributed by atoms with Gasteiger partial charge in [-0.15, -0.1) is 12.4 Å². The number of nitrogens with two attached hydrogens (primary N) is 1. The Morgan fingerprint density at radius 3 is 2.60 bits per heavy atom. The predicted octanol–water partition coefficient (Wildman–Crippen LogP) is 1.46. The molecule has 0 aromatic heterocycles. The Morgan fingerprint density at radius 2 is 2.30 bits per heavy atom. The van der Waals surface area contributed by atoms with Gasteiger partial charge in [0, 0.05) is 17.5 Å². The molecule has 5 heteroatoms. The van der Waals surface area contributed by atoms with Crippen LogP contribution in [0.15, 0.2) is 5.11 Å². The predicted molar refractivity (Wildman–Crippen MR) is 42.0 cm³/mol. The van der Waals surface area contributed by atoms with E-state index in [-0.39, 0.29) is 18.4 Å². The van der Waals surface area contributed by atoms with Crippen LogP contribution >= 0.6 is 12.4 Å². The summed E-state index contributed by atoms with van der Waals surface area (Å²) in [7, 11) is 0. The zero-order valence-corrected chi connectivity index (χ0v) is 6.42. The maximum absolute atomic E-state index is 7.94. The summed E-state index contributed by atoms with van der Waals surface area (Å²) in [4.78, 5) is 2.66. The third-order valence-corrected chi connectivity index (χ3v) is 1.86. The molecule has 0 bridgehead atoms. The van der Waals surface area contributed by atoms with Crippen LogP contribution in [0.4, 0.5) is 0 Å². The lowest BCUT2D eigenvalue weighted by Gasteiger charge is -2.31. The molecule has 4 nitrogen and oxygen atoms in total. The van der Waals surface area contributed by atoms with Gasteiger partial charge < -0.3 is 5.73 Å². The van der Waals surface area contributed by atoms with E-state index < -0.39 is 0 Å². The lowest BCUT2D eigenvalue weighted by atomic mass is 9.80. The molecular formula is C5H11ClN4. The minimum Gasteiger partial charge on any atom is -0.327 e. The van der Waals surface area contributed by atoms with E-state index in [9.17, 15) is 0 Å². The Balaban J connectivity index is 0.000000810. The molecule has 1 fully saturated rings. The van der Waals surface area contributed by atoms with Crippen LogP contribution in [0.1, 0.15) is 12.8 Å². The van der Waals surface area contributed by atoms with Crippen LogP contribution in [-0.2, 0) is 0 Å². The summed E-state index contributed by atoms with van der Waals surface area (Å²) in [6.45, 7) is 0.581. The monoisotopic (exact) mass is 162 g/mol. The van der Waals surface area contributed by atoms with Crippen molar-refractivity contribution in [3.63, 3.8) is 0 Å². The van der Waals surface area contributed by atoms with Crippen molar-refractivity contribution in [3.8, 4) is 0 Å². The van der Waals surface area contributed by atoms with Crippen LogP contribution in [0.25, 0.3) is 10.4 Å². The minimum atomic E-state index is 0. The first kappa shape index (κ1) is 9.56. The number of azide groups is 1. The standard InChI is InChI=1S/C5H10N4.ClH/c6-5-2-1-4(5)3-8-9-7;/h4-5H,1-3,6H2;1H/t4-,5+;/m0./s1. The molecule has 1 aliphatic carbocycles. The third kappa shape index (κ3) is 2.06. The SMILES string of the molecule is Cl.[N-]=[N+]=NC[C@@H]1CC[C@H]1N. The van der Waals surface area contributed by atoms with Crippen molar-refractivity contribution >= 4 is 12.4 Å². The van der Waals surface area contributed by atoms with Crippen molar-refractivity contribution in [3.05, 3.63) is 10.4 Å². The molecule has 0 unspecified atom stereocenters. The smallest absolute Gasteiger partial charge is 0.0301 e. The number of rotatable bonds is 2.